The van der Waals surface area contributed by atoms with Gasteiger partial charge in [0.05, 0.1) is 0 Å². The predicted octanol–water partition coefficient (Wildman–Crippen LogP) is 1.75. The van der Waals surface area contributed by atoms with Gasteiger partial charge in [0, 0.05) is 25.4 Å². The van der Waals surface area contributed by atoms with E-state index < -0.39 is 0 Å². The Labute approximate surface area is 115 Å². The summed E-state index contributed by atoms with van der Waals surface area (Å²) < 4.78 is 0. The van der Waals surface area contributed by atoms with E-state index in [9.17, 15) is 4.79 Å². The van der Waals surface area contributed by atoms with Gasteiger partial charge >= 0.3 is 0 Å². The average Bonchev–Trinajstić information content (AvgIpc) is 2.38. The third-order valence-corrected chi connectivity index (χ3v) is 3.10. The van der Waals surface area contributed by atoms with Gasteiger partial charge in [0.15, 0.2) is 0 Å². The minimum Gasteiger partial charge on any atom is -0.356 e. The second-order valence-electron chi connectivity index (χ2n) is 5.39. The van der Waals surface area contributed by atoms with E-state index >= 15 is 0 Å². The number of amides is 1. The maximum Gasteiger partial charge on any atom is 0.220 e. The second-order valence-corrected chi connectivity index (χ2v) is 5.39. The molecule has 1 unspecified atom stereocenters. The van der Waals surface area contributed by atoms with Gasteiger partial charge in [-0.2, -0.15) is 0 Å². The molecule has 4 nitrogen and oxygen atoms in total. The standard InChI is InChI=1S/C15H25N3O/c1-12(2)9-14(11-16)10-15(19)18-8-5-13-3-6-17-7-4-13/h3-4,6-7,12,14H,5,8-11,16H2,1-2H3,(H,18,19). The van der Waals surface area contributed by atoms with Gasteiger partial charge in [-0.3, -0.25) is 9.78 Å². The zero-order chi connectivity index (χ0) is 14.1. The smallest absolute Gasteiger partial charge is 0.220 e. The van der Waals surface area contributed by atoms with Crippen molar-refractivity contribution in [3.63, 3.8) is 0 Å². The number of nitrogens with one attached hydrogen (secondary N) is 1. The lowest BCUT2D eigenvalue weighted by Gasteiger charge is -2.16. The second kappa shape index (κ2) is 8.64. The molecule has 3 N–H and O–H groups in total. The molecule has 19 heavy (non-hydrogen) atoms. The quantitative estimate of drug-likeness (QED) is 0.751. The molecule has 1 atom stereocenters. The normalized spacial score (nSPS) is 12.4. The lowest BCUT2D eigenvalue weighted by molar-refractivity contribution is -0.122. The lowest BCUT2D eigenvalue weighted by Crippen LogP contribution is -2.30. The first-order chi connectivity index (χ1) is 9.11. The summed E-state index contributed by atoms with van der Waals surface area (Å²) >= 11 is 0. The molecule has 1 rings (SSSR count). The van der Waals surface area contributed by atoms with Crippen LogP contribution in [-0.4, -0.2) is 24.0 Å². The number of hydrogen-bond donors (Lipinski definition) is 2. The van der Waals surface area contributed by atoms with E-state index in [1.807, 2.05) is 12.1 Å². The number of nitrogens with zero attached hydrogens (tertiary/aromatic N) is 1. The van der Waals surface area contributed by atoms with Crippen molar-refractivity contribution in [1.82, 2.24) is 10.3 Å². The Hall–Kier alpha value is -1.42. The van der Waals surface area contributed by atoms with Crippen molar-refractivity contribution < 1.29 is 4.79 Å². The molecule has 0 saturated carbocycles. The summed E-state index contributed by atoms with van der Waals surface area (Å²) in [5.41, 5.74) is 6.89. The van der Waals surface area contributed by atoms with Gasteiger partial charge < -0.3 is 11.1 Å². The number of rotatable bonds is 8. The van der Waals surface area contributed by atoms with Crippen molar-refractivity contribution in [2.45, 2.75) is 33.1 Å². The zero-order valence-corrected chi connectivity index (χ0v) is 11.9. The summed E-state index contributed by atoms with van der Waals surface area (Å²) in [5, 5.41) is 2.95. The Morgan fingerprint density at radius 3 is 2.63 bits per heavy atom. The van der Waals surface area contributed by atoms with Gasteiger partial charge in [-0.15, -0.1) is 0 Å². The highest BCUT2D eigenvalue weighted by Crippen LogP contribution is 2.13. The van der Waals surface area contributed by atoms with Gasteiger partial charge in [0.25, 0.3) is 0 Å². The Morgan fingerprint density at radius 1 is 1.37 bits per heavy atom. The Bertz CT molecular complexity index is 365. The first kappa shape index (κ1) is 15.6. The van der Waals surface area contributed by atoms with Gasteiger partial charge in [-0.05, 0) is 48.9 Å². The molecule has 1 aromatic rings. The molecule has 0 aromatic carbocycles. The molecule has 1 heterocycles. The van der Waals surface area contributed by atoms with Crippen LogP contribution in [0.5, 0.6) is 0 Å². The monoisotopic (exact) mass is 263 g/mol. The van der Waals surface area contributed by atoms with Crippen molar-refractivity contribution in [2.24, 2.45) is 17.6 Å². The average molecular weight is 263 g/mol. The van der Waals surface area contributed by atoms with Crippen LogP contribution in [0.4, 0.5) is 0 Å². The molecule has 0 bridgehead atoms. The first-order valence-corrected chi connectivity index (χ1v) is 6.97. The number of carbonyl (C=O) groups excluding carboxylic acids is 1. The molecule has 0 radical (unpaired) electrons. The Balaban J connectivity index is 2.23. The van der Waals surface area contributed by atoms with Crippen LogP contribution in [-0.2, 0) is 11.2 Å². The highest BCUT2D eigenvalue weighted by molar-refractivity contribution is 5.76. The fourth-order valence-corrected chi connectivity index (χ4v) is 2.16. The fraction of sp³-hybridized carbons (Fsp3) is 0.600. The van der Waals surface area contributed by atoms with E-state index in [4.69, 9.17) is 5.73 Å². The van der Waals surface area contributed by atoms with Crippen molar-refractivity contribution in [1.29, 1.82) is 0 Å². The van der Waals surface area contributed by atoms with Gasteiger partial charge in [-0.25, -0.2) is 0 Å². The van der Waals surface area contributed by atoms with E-state index in [1.54, 1.807) is 12.4 Å². The van der Waals surface area contributed by atoms with Crippen LogP contribution in [0, 0.1) is 11.8 Å². The van der Waals surface area contributed by atoms with Crippen LogP contribution in [0.1, 0.15) is 32.3 Å². The zero-order valence-electron chi connectivity index (χ0n) is 11.9. The van der Waals surface area contributed by atoms with E-state index in [-0.39, 0.29) is 5.91 Å². The van der Waals surface area contributed by atoms with Crippen molar-refractivity contribution in [3.05, 3.63) is 30.1 Å². The van der Waals surface area contributed by atoms with Crippen LogP contribution < -0.4 is 11.1 Å². The molecule has 0 spiro atoms. The molecule has 0 aliphatic rings. The largest absolute Gasteiger partial charge is 0.356 e. The summed E-state index contributed by atoms with van der Waals surface area (Å²) in [6.45, 7) is 5.56. The maximum atomic E-state index is 11.8. The summed E-state index contributed by atoms with van der Waals surface area (Å²) in [7, 11) is 0. The molecule has 1 amide bonds. The maximum absolute atomic E-state index is 11.8. The van der Waals surface area contributed by atoms with Crippen LogP contribution >= 0.6 is 0 Å². The van der Waals surface area contributed by atoms with Crippen LogP contribution in [0.3, 0.4) is 0 Å². The number of nitrogens with two attached hydrogens (primary N) is 1. The minimum atomic E-state index is 0.102. The molecule has 0 saturated heterocycles. The first-order valence-electron chi connectivity index (χ1n) is 6.97. The molecule has 0 aliphatic carbocycles. The number of pyridine rings is 1. The third kappa shape index (κ3) is 6.91. The molecule has 0 fully saturated rings. The number of carbonyl (C=O) groups is 1. The fourth-order valence-electron chi connectivity index (χ4n) is 2.16. The third-order valence-electron chi connectivity index (χ3n) is 3.10. The lowest BCUT2D eigenvalue weighted by atomic mass is 9.94. The minimum absolute atomic E-state index is 0.102. The molecule has 4 heteroatoms. The summed E-state index contributed by atoms with van der Waals surface area (Å²) in [6.07, 6.45) is 5.92. The van der Waals surface area contributed by atoms with E-state index in [0.717, 1.165) is 12.8 Å². The van der Waals surface area contributed by atoms with Crippen molar-refractivity contribution in [3.8, 4) is 0 Å². The highest BCUT2D eigenvalue weighted by Gasteiger charge is 2.13. The van der Waals surface area contributed by atoms with Crippen LogP contribution in [0.15, 0.2) is 24.5 Å². The van der Waals surface area contributed by atoms with Gasteiger partial charge in [0.2, 0.25) is 5.91 Å². The van der Waals surface area contributed by atoms with E-state index in [0.29, 0.717) is 31.3 Å². The Kier molecular flexibility index (Phi) is 7.11. The molecule has 1 aromatic heterocycles. The number of aromatic nitrogens is 1. The van der Waals surface area contributed by atoms with Crippen molar-refractivity contribution >= 4 is 5.91 Å². The highest BCUT2D eigenvalue weighted by atomic mass is 16.1. The van der Waals surface area contributed by atoms with Gasteiger partial charge in [0.1, 0.15) is 0 Å². The van der Waals surface area contributed by atoms with Gasteiger partial charge in [-0.1, -0.05) is 13.8 Å². The summed E-state index contributed by atoms with van der Waals surface area (Å²) in [5.74, 6) is 0.976. The van der Waals surface area contributed by atoms with Crippen LogP contribution in [0.25, 0.3) is 0 Å². The summed E-state index contributed by atoms with van der Waals surface area (Å²) in [4.78, 5) is 15.8. The van der Waals surface area contributed by atoms with E-state index in [2.05, 4.69) is 24.1 Å². The molecule has 0 aliphatic heterocycles. The SMILES string of the molecule is CC(C)CC(CN)CC(=O)NCCc1ccncc1. The summed E-state index contributed by atoms with van der Waals surface area (Å²) in [6, 6.07) is 3.93. The Morgan fingerprint density at radius 2 is 2.05 bits per heavy atom. The topological polar surface area (TPSA) is 68.0 Å². The molecule has 106 valence electrons. The molecular weight excluding hydrogens is 238 g/mol. The van der Waals surface area contributed by atoms with E-state index in [1.165, 1.54) is 5.56 Å². The number of hydrogen-bond acceptors (Lipinski definition) is 3. The predicted molar refractivity (Wildman–Crippen MR) is 77.6 cm³/mol. The molecular formula is C15H25N3O. The van der Waals surface area contributed by atoms with Crippen LogP contribution in [0.2, 0.25) is 0 Å². The van der Waals surface area contributed by atoms with Crippen molar-refractivity contribution in [2.75, 3.05) is 13.1 Å².